The van der Waals surface area contributed by atoms with Crippen LogP contribution in [-0.4, -0.2) is 70.7 Å². The van der Waals surface area contributed by atoms with Crippen molar-refractivity contribution >= 4 is 16.6 Å². The summed E-state index contributed by atoms with van der Waals surface area (Å²) in [6.45, 7) is 8.00. The predicted molar refractivity (Wildman–Crippen MR) is 117 cm³/mol. The second-order valence-corrected chi connectivity index (χ2v) is 8.09. The molecular weight excluding hydrogens is 396 g/mol. The zero-order chi connectivity index (χ0) is 21.2. The van der Waals surface area contributed by atoms with Gasteiger partial charge in [-0.1, -0.05) is 0 Å². The summed E-state index contributed by atoms with van der Waals surface area (Å²) in [6, 6.07) is 5.96. The van der Waals surface area contributed by atoms with Crippen LogP contribution in [-0.2, 0) is 35.7 Å². The number of benzene rings is 1. The number of anilines is 1. The van der Waals surface area contributed by atoms with Gasteiger partial charge in [0.1, 0.15) is 0 Å². The summed E-state index contributed by atoms with van der Waals surface area (Å²) >= 11 is 0. The van der Waals surface area contributed by atoms with Crippen LogP contribution in [0.25, 0.3) is 10.9 Å². The zero-order valence-electron chi connectivity index (χ0n) is 17.9. The van der Waals surface area contributed by atoms with Gasteiger partial charge in [0.15, 0.2) is 0 Å². The molecule has 9 heteroatoms. The molecular formula is C22H28N6O3. The van der Waals surface area contributed by atoms with Crippen LogP contribution in [0, 0.1) is 0 Å². The smallest absolute Gasteiger partial charge is 0.261 e. The fraction of sp³-hybridized carbons (Fsp3) is 0.500. The Morgan fingerprint density at radius 3 is 2.87 bits per heavy atom. The van der Waals surface area contributed by atoms with E-state index in [4.69, 9.17) is 9.47 Å². The maximum absolute atomic E-state index is 12.6. The van der Waals surface area contributed by atoms with E-state index >= 15 is 0 Å². The maximum Gasteiger partial charge on any atom is 0.261 e. The lowest BCUT2D eigenvalue weighted by atomic mass is 10.1. The second-order valence-electron chi connectivity index (χ2n) is 8.09. The molecule has 1 fully saturated rings. The van der Waals surface area contributed by atoms with Gasteiger partial charge in [-0.3, -0.25) is 18.9 Å². The first-order chi connectivity index (χ1) is 15.2. The summed E-state index contributed by atoms with van der Waals surface area (Å²) in [6.07, 6.45) is 3.60. The minimum Gasteiger partial charge on any atom is -0.383 e. The van der Waals surface area contributed by atoms with E-state index in [9.17, 15) is 4.79 Å². The van der Waals surface area contributed by atoms with Crippen molar-refractivity contribution in [1.82, 2.24) is 24.2 Å². The summed E-state index contributed by atoms with van der Waals surface area (Å²) in [4.78, 5) is 22.0. The number of methoxy groups -OCH3 is 1. The summed E-state index contributed by atoms with van der Waals surface area (Å²) in [5, 5.41) is 5.15. The van der Waals surface area contributed by atoms with Gasteiger partial charge >= 0.3 is 0 Å². The van der Waals surface area contributed by atoms with Crippen LogP contribution in [0.4, 0.5) is 5.69 Å². The monoisotopic (exact) mass is 424 g/mol. The topological polar surface area (TPSA) is 77.7 Å². The minimum atomic E-state index is -0.0214. The van der Waals surface area contributed by atoms with Crippen molar-refractivity contribution in [3.63, 3.8) is 0 Å². The van der Waals surface area contributed by atoms with E-state index in [2.05, 4.69) is 24.6 Å². The van der Waals surface area contributed by atoms with Gasteiger partial charge < -0.3 is 14.4 Å². The van der Waals surface area contributed by atoms with Gasteiger partial charge in [-0.05, 0) is 18.2 Å². The number of fused-ring (bicyclic) bond motifs is 2. The minimum absolute atomic E-state index is 0.0214. The van der Waals surface area contributed by atoms with E-state index in [1.54, 1.807) is 18.0 Å². The Morgan fingerprint density at radius 2 is 2.03 bits per heavy atom. The molecule has 1 aromatic carbocycles. The van der Waals surface area contributed by atoms with E-state index in [0.717, 1.165) is 57.1 Å². The highest BCUT2D eigenvalue weighted by Crippen LogP contribution is 2.22. The molecule has 2 aliphatic rings. The maximum atomic E-state index is 12.6. The molecule has 4 heterocycles. The number of ether oxygens (including phenoxy) is 2. The average molecular weight is 425 g/mol. The molecule has 1 saturated heterocycles. The molecule has 0 atom stereocenters. The number of hydrogen-bond acceptors (Lipinski definition) is 7. The van der Waals surface area contributed by atoms with Crippen LogP contribution in [0.1, 0.15) is 11.3 Å². The molecule has 0 radical (unpaired) electrons. The Bertz CT molecular complexity index is 1120. The molecule has 2 aliphatic heterocycles. The van der Waals surface area contributed by atoms with Crippen molar-refractivity contribution in [2.24, 2.45) is 0 Å². The Kier molecular flexibility index (Phi) is 5.71. The van der Waals surface area contributed by atoms with Crippen LogP contribution in [0.2, 0.25) is 0 Å². The van der Waals surface area contributed by atoms with E-state index in [0.29, 0.717) is 25.1 Å². The molecule has 164 valence electrons. The molecule has 3 aromatic rings. The first-order valence-electron chi connectivity index (χ1n) is 10.8. The summed E-state index contributed by atoms with van der Waals surface area (Å²) in [5.41, 5.74) is 4.32. The lowest BCUT2D eigenvalue weighted by Crippen LogP contribution is -2.46. The Balaban J connectivity index is 1.25. The fourth-order valence-electron chi connectivity index (χ4n) is 4.36. The van der Waals surface area contributed by atoms with E-state index in [1.807, 2.05) is 24.4 Å². The van der Waals surface area contributed by atoms with Gasteiger partial charge in [0.05, 0.1) is 62.0 Å². The van der Waals surface area contributed by atoms with Crippen molar-refractivity contribution in [1.29, 1.82) is 0 Å². The first kappa shape index (κ1) is 20.2. The number of rotatable bonds is 6. The summed E-state index contributed by atoms with van der Waals surface area (Å²) in [5.74, 6) is 0. The molecule has 31 heavy (non-hydrogen) atoms. The Hall–Kier alpha value is -2.75. The van der Waals surface area contributed by atoms with Gasteiger partial charge in [0.25, 0.3) is 5.56 Å². The second kappa shape index (κ2) is 8.78. The summed E-state index contributed by atoms with van der Waals surface area (Å²) in [7, 11) is 1.63. The highest BCUT2D eigenvalue weighted by Gasteiger charge is 2.21. The zero-order valence-corrected chi connectivity index (χ0v) is 17.9. The molecule has 0 saturated carbocycles. The standard InChI is InChI=1S/C22H28N6O3/c1-30-10-8-27-16-23-20-12-18(2-3-19(20)22(27)29)26-6-4-25(5-7-26)14-17-13-24-28-9-11-31-15-21(17)28/h2-3,12-13,16H,4-11,14-15H2,1H3. The first-order valence-corrected chi connectivity index (χ1v) is 10.8. The molecule has 0 spiro atoms. The lowest BCUT2D eigenvalue weighted by Gasteiger charge is -2.36. The quantitative estimate of drug-likeness (QED) is 0.586. The highest BCUT2D eigenvalue weighted by molar-refractivity contribution is 5.81. The van der Waals surface area contributed by atoms with E-state index in [-0.39, 0.29) is 5.56 Å². The van der Waals surface area contributed by atoms with Crippen molar-refractivity contribution in [2.75, 3.05) is 51.4 Å². The van der Waals surface area contributed by atoms with Crippen molar-refractivity contribution in [3.8, 4) is 0 Å². The largest absolute Gasteiger partial charge is 0.383 e. The normalized spacial score (nSPS) is 17.3. The van der Waals surface area contributed by atoms with Crippen molar-refractivity contribution in [3.05, 3.63) is 52.3 Å². The number of piperazine rings is 1. The SMILES string of the molecule is COCCn1cnc2cc(N3CCN(Cc4cnn5c4COCC5)CC3)ccc2c1=O. The average Bonchev–Trinajstić information content (AvgIpc) is 3.22. The Labute approximate surface area is 180 Å². The summed E-state index contributed by atoms with van der Waals surface area (Å²) < 4.78 is 14.3. The molecule has 0 unspecified atom stereocenters. The van der Waals surface area contributed by atoms with Gasteiger partial charge in [0, 0.05) is 51.1 Å². The van der Waals surface area contributed by atoms with Gasteiger partial charge in [-0.2, -0.15) is 5.10 Å². The molecule has 5 rings (SSSR count). The van der Waals surface area contributed by atoms with Gasteiger partial charge in [0.2, 0.25) is 0 Å². The third-order valence-electron chi connectivity index (χ3n) is 6.20. The van der Waals surface area contributed by atoms with E-state index < -0.39 is 0 Å². The molecule has 2 aromatic heterocycles. The van der Waals surface area contributed by atoms with Gasteiger partial charge in [-0.25, -0.2) is 4.98 Å². The molecule has 0 aliphatic carbocycles. The molecule has 0 bridgehead atoms. The fourth-order valence-corrected chi connectivity index (χ4v) is 4.36. The number of hydrogen-bond donors (Lipinski definition) is 0. The van der Waals surface area contributed by atoms with Crippen LogP contribution < -0.4 is 10.5 Å². The van der Waals surface area contributed by atoms with Gasteiger partial charge in [-0.15, -0.1) is 0 Å². The lowest BCUT2D eigenvalue weighted by molar-refractivity contribution is 0.0786. The van der Waals surface area contributed by atoms with Crippen LogP contribution in [0.3, 0.4) is 0 Å². The van der Waals surface area contributed by atoms with Crippen LogP contribution in [0.5, 0.6) is 0 Å². The van der Waals surface area contributed by atoms with Crippen molar-refractivity contribution in [2.45, 2.75) is 26.2 Å². The van der Waals surface area contributed by atoms with Crippen LogP contribution >= 0.6 is 0 Å². The predicted octanol–water partition coefficient (Wildman–Crippen LogP) is 1.09. The molecule has 9 nitrogen and oxygen atoms in total. The Morgan fingerprint density at radius 1 is 1.16 bits per heavy atom. The van der Waals surface area contributed by atoms with Crippen LogP contribution in [0.15, 0.2) is 35.5 Å². The molecule has 0 N–H and O–H groups in total. The highest BCUT2D eigenvalue weighted by atomic mass is 16.5. The third kappa shape index (κ3) is 4.08. The number of nitrogens with zero attached hydrogens (tertiary/aromatic N) is 6. The molecule has 0 amide bonds. The number of aromatic nitrogens is 4. The van der Waals surface area contributed by atoms with E-state index in [1.165, 1.54) is 11.3 Å². The van der Waals surface area contributed by atoms with Crippen molar-refractivity contribution < 1.29 is 9.47 Å². The third-order valence-corrected chi connectivity index (χ3v) is 6.20.